The zero-order valence-electron chi connectivity index (χ0n) is 17.9. The van der Waals surface area contributed by atoms with Crippen LogP contribution in [0.15, 0.2) is 46.6 Å². The van der Waals surface area contributed by atoms with Gasteiger partial charge in [-0.05, 0) is 5.56 Å². The van der Waals surface area contributed by atoms with Gasteiger partial charge in [-0.25, -0.2) is 4.79 Å². The second-order valence-corrected chi connectivity index (χ2v) is 10.3. The number of carboxylic acids is 1. The number of β-lactam (4-membered cyclic amide) rings is 1. The standard InChI is InChI=1S/C21H20N4O6S3/c1-12(26)31-7-14-9-32-19-16(18(28)25(19)17(14)20(29)30)24-15(27)10-34-21(23-11-22)33-8-13-5-3-2-4-6-13/h2-6,16,19H,7-10H2,1H3,(H,24,27)(H,29,30)/t16-,19-/m1/s1. The van der Waals surface area contributed by atoms with Gasteiger partial charge < -0.3 is 15.2 Å². The number of carbonyl (C=O) groups excluding carboxylic acids is 3. The largest absolute Gasteiger partial charge is 0.477 e. The van der Waals surface area contributed by atoms with Gasteiger partial charge in [0.2, 0.25) is 12.1 Å². The Balaban J connectivity index is 1.55. The molecule has 2 atom stereocenters. The number of thioether (sulfide) groups is 3. The lowest BCUT2D eigenvalue weighted by atomic mass is 10.0. The van der Waals surface area contributed by atoms with Crippen LogP contribution in [0.25, 0.3) is 0 Å². The lowest BCUT2D eigenvalue weighted by molar-refractivity contribution is -0.150. The Bertz CT molecular complexity index is 1090. The fraction of sp³-hybridized carbons (Fsp3) is 0.333. The summed E-state index contributed by atoms with van der Waals surface area (Å²) in [5.41, 5.74) is 1.16. The molecule has 3 rings (SSSR count). The van der Waals surface area contributed by atoms with E-state index in [-0.39, 0.29) is 23.8 Å². The van der Waals surface area contributed by atoms with E-state index in [4.69, 9.17) is 10.00 Å². The fourth-order valence-corrected chi connectivity index (χ4v) is 6.24. The zero-order valence-corrected chi connectivity index (χ0v) is 20.4. The summed E-state index contributed by atoms with van der Waals surface area (Å²) >= 11 is 3.71. The first kappa shape index (κ1) is 25.7. The number of fused-ring (bicyclic) bond motifs is 1. The van der Waals surface area contributed by atoms with Crippen LogP contribution in [0, 0.1) is 11.5 Å². The van der Waals surface area contributed by atoms with Crippen LogP contribution in [-0.2, 0) is 29.7 Å². The third-order valence-electron chi connectivity index (χ3n) is 4.69. The molecule has 0 saturated carbocycles. The summed E-state index contributed by atoms with van der Waals surface area (Å²) in [7, 11) is 0. The summed E-state index contributed by atoms with van der Waals surface area (Å²) in [6, 6.07) is 8.74. The molecule has 0 unspecified atom stereocenters. The summed E-state index contributed by atoms with van der Waals surface area (Å²) in [4.78, 5) is 52.8. The van der Waals surface area contributed by atoms with Gasteiger partial charge >= 0.3 is 11.9 Å². The van der Waals surface area contributed by atoms with E-state index in [1.807, 2.05) is 30.3 Å². The lowest BCUT2D eigenvalue weighted by Gasteiger charge is -2.49. The zero-order chi connectivity index (χ0) is 24.7. The number of carbonyl (C=O) groups is 4. The molecule has 2 heterocycles. The van der Waals surface area contributed by atoms with Gasteiger partial charge in [-0.1, -0.05) is 53.9 Å². The van der Waals surface area contributed by atoms with Crippen molar-refractivity contribution in [2.24, 2.45) is 4.99 Å². The van der Waals surface area contributed by atoms with E-state index in [9.17, 15) is 24.3 Å². The predicted molar refractivity (Wildman–Crippen MR) is 130 cm³/mol. The first-order valence-electron chi connectivity index (χ1n) is 9.90. The maximum absolute atomic E-state index is 12.6. The normalized spacial score (nSPS) is 19.6. The second-order valence-electron chi connectivity index (χ2n) is 7.03. The molecule has 10 nitrogen and oxygen atoms in total. The Kier molecular flexibility index (Phi) is 9.03. The van der Waals surface area contributed by atoms with Crippen molar-refractivity contribution < 1.29 is 29.0 Å². The summed E-state index contributed by atoms with van der Waals surface area (Å²) < 4.78 is 5.33. The van der Waals surface area contributed by atoms with E-state index in [2.05, 4.69) is 10.3 Å². The van der Waals surface area contributed by atoms with Crippen LogP contribution >= 0.6 is 35.3 Å². The molecule has 178 valence electrons. The van der Waals surface area contributed by atoms with Crippen LogP contribution in [-0.4, -0.2) is 67.7 Å². The molecule has 2 N–H and O–H groups in total. The summed E-state index contributed by atoms with van der Waals surface area (Å²) in [6.45, 7) is 1.00. The number of benzene rings is 1. The van der Waals surface area contributed by atoms with Gasteiger partial charge in [-0.15, -0.1) is 11.8 Å². The first-order valence-corrected chi connectivity index (χ1v) is 12.9. The van der Waals surface area contributed by atoms with E-state index in [0.29, 0.717) is 15.7 Å². The van der Waals surface area contributed by atoms with Crippen molar-refractivity contribution in [2.75, 3.05) is 18.1 Å². The molecule has 1 aromatic rings. The Morgan fingerprint density at radius 2 is 2.06 bits per heavy atom. The summed E-state index contributed by atoms with van der Waals surface area (Å²) in [6.07, 6.45) is 1.73. The Labute approximate surface area is 208 Å². The maximum atomic E-state index is 12.6. The smallest absolute Gasteiger partial charge is 0.352 e. The molecule has 34 heavy (non-hydrogen) atoms. The van der Waals surface area contributed by atoms with Crippen LogP contribution in [0.5, 0.6) is 0 Å². The number of aliphatic imine (C=N–C) groups is 1. The average molecular weight is 521 g/mol. The Hall–Kier alpha value is -2.95. The number of carboxylic acid groups (broad SMARTS) is 1. The molecule has 2 aliphatic rings. The Morgan fingerprint density at radius 3 is 2.71 bits per heavy atom. The minimum absolute atomic E-state index is 0.0528. The number of hydrogen-bond donors (Lipinski definition) is 2. The highest BCUT2D eigenvalue weighted by molar-refractivity contribution is 8.38. The quantitative estimate of drug-likeness (QED) is 0.171. The predicted octanol–water partition coefficient (Wildman–Crippen LogP) is 1.79. The van der Waals surface area contributed by atoms with Crippen molar-refractivity contribution in [2.45, 2.75) is 24.1 Å². The highest BCUT2D eigenvalue weighted by Gasteiger charge is 2.54. The fourth-order valence-electron chi connectivity index (χ4n) is 3.19. The molecule has 2 aliphatic heterocycles. The summed E-state index contributed by atoms with van der Waals surface area (Å²) in [5, 5.41) is 20.6. The van der Waals surface area contributed by atoms with E-state index < -0.39 is 35.2 Å². The molecule has 0 spiro atoms. The van der Waals surface area contributed by atoms with Gasteiger partial charge in [0.25, 0.3) is 5.91 Å². The molecular formula is C21H20N4O6S3. The van der Waals surface area contributed by atoms with Crippen molar-refractivity contribution in [3.8, 4) is 6.19 Å². The number of esters is 1. The minimum Gasteiger partial charge on any atom is -0.477 e. The number of aliphatic carboxylic acids is 1. The minimum atomic E-state index is -1.30. The lowest BCUT2D eigenvalue weighted by Crippen LogP contribution is -2.70. The van der Waals surface area contributed by atoms with Gasteiger partial charge in [-0.2, -0.15) is 10.3 Å². The molecule has 0 radical (unpaired) electrons. The van der Waals surface area contributed by atoms with Crippen molar-refractivity contribution >= 4 is 63.4 Å². The van der Waals surface area contributed by atoms with E-state index in [1.54, 1.807) is 6.19 Å². The van der Waals surface area contributed by atoms with Gasteiger partial charge in [0.05, 0.1) is 5.75 Å². The number of nitrogens with zero attached hydrogens (tertiary/aromatic N) is 3. The SMILES string of the molecule is CC(=O)OCC1=C(C(=O)O)N2C(=O)[C@@H](NC(=O)CSC(=NC#N)SCc3ccccc3)[C@H]2SC1. The second kappa shape index (κ2) is 12.0. The molecular weight excluding hydrogens is 500 g/mol. The topological polar surface area (TPSA) is 149 Å². The van der Waals surface area contributed by atoms with Crippen molar-refractivity contribution in [1.82, 2.24) is 10.2 Å². The Morgan fingerprint density at radius 1 is 1.32 bits per heavy atom. The van der Waals surface area contributed by atoms with Crippen LogP contribution < -0.4 is 5.32 Å². The number of nitriles is 1. The van der Waals surface area contributed by atoms with E-state index >= 15 is 0 Å². The van der Waals surface area contributed by atoms with Gasteiger partial charge in [0.1, 0.15) is 28.1 Å². The van der Waals surface area contributed by atoms with Gasteiger partial charge in [0.15, 0.2) is 0 Å². The number of ether oxygens (including phenoxy) is 1. The molecule has 1 fully saturated rings. The van der Waals surface area contributed by atoms with Crippen LogP contribution in [0.1, 0.15) is 12.5 Å². The van der Waals surface area contributed by atoms with E-state index in [1.165, 1.54) is 30.4 Å². The highest BCUT2D eigenvalue weighted by Crippen LogP contribution is 2.40. The van der Waals surface area contributed by atoms with E-state index in [0.717, 1.165) is 22.2 Å². The van der Waals surface area contributed by atoms with Crippen LogP contribution in [0.2, 0.25) is 0 Å². The van der Waals surface area contributed by atoms with Crippen LogP contribution in [0.3, 0.4) is 0 Å². The number of nitrogens with one attached hydrogen (secondary N) is 1. The third-order valence-corrected chi connectivity index (χ3v) is 8.30. The molecule has 13 heteroatoms. The molecule has 0 bridgehead atoms. The average Bonchev–Trinajstić information content (AvgIpc) is 2.82. The third kappa shape index (κ3) is 6.34. The maximum Gasteiger partial charge on any atom is 0.352 e. The number of rotatable bonds is 8. The monoisotopic (exact) mass is 520 g/mol. The molecule has 0 aliphatic carbocycles. The highest BCUT2D eigenvalue weighted by atomic mass is 32.2. The first-order chi connectivity index (χ1) is 16.3. The van der Waals surface area contributed by atoms with Crippen molar-refractivity contribution in [3.05, 3.63) is 47.2 Å². The summed E-state index contributed by atoms with van der Waals surface area (Å²) in [5.74, 6) is -2.04. The molecule has 0 aromatic heterocycles. The van der Waals surface area contributed by atoms with Crippen LogP contribution in [0.4, 0.5) is 0 Å². The van der Waals surface area contributed by atoms with Gasteiger partial charge in [0, 0.05) is 24.0 Å². The number of amides is 2. The molecule has 2 amide bonds. The van der Waals surface area contributed by atoms with Gasteiger partial charge in [-0.3, -0.25) is 19.3 Å². The number of hydrogen-bond acceptors (Lipinski definition) is 10. The molecule has 1 saturated heterocycles. The van der Waals surface area contributed by atoms with Crippen molar-refractivity contribution in [1.29, 1.82) is 5.26 Å². The molecule has 1 aromatic carbocycles. The van der Waals surface area contributed by atoms with Crippen molar-refractivity contribution in [3.63, 3.8) is 0 Å².